The van der Waals surface area contributed by atoms with Gasteiger partial charge < -0.3 is 0 Å². The molecule has 0 aliphatic rings. The number of alkyl halides is 3. The summed E-state index contributed by atoms with van der Waals surface area (Å²) in [7, 11) is 1.01. The van der Waals surface area contributed by atoms with Crippen LogP contribution in [0.3, 0.4) is 0 Å². The van der Waals surface area contributed by atoms with Gasteiger partial charge in [-0.15, -0.1) is 13.2 Å². The van der Waals surface area contributed by atoms with Crippen LogP contribution in [0.4, 0.5) is 13.2 Å². The third-order valence-electron chi connectivity index (χ3n) is 2.52. The van der Waals surface area contributed by atoms with Gasteiger partial charge in [-0.05, 0) is 12.0 Å². The Morgan fingerprint density at radius 1 is 1.15 bits per heavy atom. The summed E-state index contributed by atoms with van der Waals surface area (Å²) >= 11 is 0. The van der Waals surface area contributed by atoms with Crippen LogP contribution in [0.15, 0.2) is 30.3 Å². The van der Waals surface area contributed by atoms with Gasteiger partial charge in [-0.25, -0.2) is 10.7 Å². The van der Waals surface area contributed by atoms with Gasteiger partial charge in [0.1, 0.15) is 0 Å². The molecule has 5 nitrogen and oxygen atoms in total. The molecule has 20 heavy (non-hydrogen) atoms. The molecule has 2 N–H and O–H groups in total. The molecule has 0 aromatic heterocycles. The molecule has 0 saturated heterocycles. The molecule has 8 heteroatoms. The van der Waals surface area contributed by atoms with Crippen molar-refractivity contribution in [1.82, 2.24) is 9.91 Å². The van der Waals surface area contributed by atoms with Crippen LogP contribution >= 0.6 is 0 Å². The lowest BCUT2D eigenvalue weighted by molar-refractivity contribution is -0.240. The van der Waals surface area contributed by atoms with Crippen molar-refractivity contribution in [2.75, 3.05) is 13.6 Å². The van der Waals surface area contributed by atoms with Gasteiger partial charge >= 0.3 is 18.1 Å². The standard InChI is InChI=1S/C12H14F3N3O2/c1-17(16)10(19)11(20)18(12(13,14)15)8-7-9-5-3-2-4-6-9/h2-6H,7-8,16H2,1H3. The third kappa shape index (κ3) is 4.23. The van der Waals surface area contributed by atoms with Crippen molar-refractivity contribution in [1.29, 1.82) is 0 Å². The van der Waals surface area contributed by atoms with Gasteiger partial charge in [-0.2, -0.15) is 0 Å². The predicted octanol–water partition coefficient (Wildman–Crippen LogP) is 0.910. The highest BCUT2D eigenvalue weighted by molar-refractivity contribution is 6.34. The molecule has 0 fully saturated rings. The lowest BCUT2D eigenvalue weighted by Gasteiger charge is -2.25. The van der Waals surface area contributed by atoms with Crippen LogP contribution in [0.5, 0.6) is 0 Å². The van der Waals surface area contributed by atoms with E-state index in [0.29, 0.717) is 10.6 Å². The maximum Gasteiger partial charge on any atom is 0.487 e. The third-order valence-corrected chi connectivity index (χ3v) is 2.52. The van der Waals surface area contributed by atoms with Gasteiger partial charge in [-0.3, -0.25) is 14.6 Å². The molecular formula is C12H14F3N3O2. The second-order valence-corrected chi connectivity index (χ2v) is 4.08. The first-order chi connectivity index (χ1) is 9.23. The zero-order valence-corrected chi connectivity index (χ0v) is 10.7. The summed E-state index contributed by atoms with van der Waals surface area (Å²) in [6, 6.07) is 8.34. The number of amides is 2. The lowest BCUT2D eigenvalue weighted by Crippen LogP contribution is -2.52. The highest BCUT2D eigenvalue weighted by Crippen LogP contribution is 2.22. The van der Waals surface area contributed by atoms with Crippen LogP contribution in [-0.4, -0.2) is 41.6 Å². The molecule has 0 atom stereocenters. The minimum absolute atomic E-state index is 0.0202. The van der Waals surface area contributed by atoms with Crippen LogP contribution in [-0.2, 0) is 16.0 Å². The molecule has 0 aliphatic heterocycles. The highest BCUT2D eigenvalue weighted by atomic mass is 19.4. The van der Waals surface area contributed by atoms with E-state index in [1.807, 2.05) is 0 Å². The fourth-order valence-electron chi connectivity index (χ4n) is 1.50. The van der Waals surface area contributed by atoms with E-state index < -0.39 is 29.6 Å². The van der Waals surface area contributed by atoms with Crippen molar-refractivity contribution >= 4 is 11.8 Å². The van der Waals surface area contributed by atoms with Crippen molar-refractivity contribution < 1.29 is 22.8 Å². The smallest absolute Gasteiger partial charge is 0.275 e. The molecule has 0 aliphatic carbocycles. The average molecular weight is 289 g/mol. The minimum Gasteiger partial charge on any atom is -0.275 e. The second-order valence-electron chi connectivity index (χ2n) is 4.08. The van der Waals surface area contributed by atoms with Gasteiger partial charge in [0.25, 0.3) is 0 Å². The number of nitrogens with two attached hydrogens (primary N) is 1. The minimum atomic E-state index is -4.93. The van der Waals surface area contributed by atoms with Gasteiger partial charge in [0.2, 0.25) is 0 Å². The Bertz CT molecular complexity index is 475. The molecule has 0 unspecified atom stereocenters. The zero-order chi connectivity index (χ0) is 15.3. The summed E-state index contributed by atoms with van der Waals surface area (Å²) < 4.78 is 38.4. The van der Waals surface area contributed by atoms with E-state index in [1.165, 1.54) is 0 Å². The van der Waals surface area contributed by atoms with E-state index in [0.717, 1.165) is 7.05 Å². The molecule has 0 heterocycles. The number of nitrogens with zero attached hydrogens (tertiary/aromatic N) is 2. The Kier molecular flexibility index (Phi) is 5.09. The van der Waals surface area contributed by atoms with Gasteiger partial charge in [0.05, 0.1) is 0 Å². The normalized spacial score (nSPS) is 11.1. The van der Waals surface area contributed by atoms with Gasteiger partial charge in [0.15, 0.2) is 0 Å². The van der Waals surface area contributed by atoms with Crippen molar-refractivity contribution in [3.8, 4) is 0 Å². The molecule has 2 amide bonds. The fraction of sp³-hybridized carbons (Fsp3) is 0.333. The summed E-state index contributed by atoms with van der Waals surface area (Å²) in [5, 5.41) is 0.323. The van der Waals surface area contributed by atoms with E-state index >= 15 is 0 Å². The molecule has 1 rings (SSSR count). The molecule has 1 aromatic carbocycles. The number of halogens is 3. The number of carbonyl (C=O) groups excluding carboxylic acids is 2. The lowest BCUT2D eigenvalue weighted by atomic mass is 10.1. The van der Waals surface area contributed by atoms with E-state index in [1.54, 1.807) is 30.3 Å². The van der Waals surface area contributed by atoms with Gasteiger partial charge in [0, 0.05) is 13.6 Å². The number of likely N-dealkylation sites (N-methyl/N-ethyl adjacent to an activating group) is 1. The molecule has 1 aromatic rings. The number of rotatable bonds is 3. The number of hydrazine groups is 1. The van der Waals surface area contributed by atoms with Crippen LogP contribution in [0.2, 0.25) is 0 Å². The molecule has 110 valence electrons. The summed E-state index contributed by atoms with van der Waals surface area (Å²) in [5.74, 6) is 1.88. The van der Waals surface area contributed by atoms with E-state index in [2.05, 4.69) is 0 Å². The fourth-order valence-corrected chi connectivity index (χ4v) is 1.50. The topological polar surface area (TPSA) is 66.6 Å². The predicted molar refractivity (Wildman–Crippen MR) is 64.9 cm³/mol. The summed E-state index contributed by atoms with van der Waals surface area (Å²) in [6.07, 6.45) is -4.95. The van der Waals surface area contributed by atoms with Crippen LogP contribution in [0.25, 0.3) is 0 Å². The Morgan fingerprint density at radius 3 is 2.15 bits per heavy atom. The molecular weight excluding hydrogens is 275 g/mol. The van der Waals surface area contributed by atoms with Gasteiger partial charge in [-0.1, -0.05) is 30.3 Å². The molecule has 0 saturated carbocycles. The maximum atomic E-state index is 12.8. The Labute approximate surface area is 113 Å². The molecule has 0 spiro atoms. The Balaban J connectivity index is 2.81. The van der Waals surface area contributed by atoms with E-state index in [4.69, 9.17) is 5.84 Å². The number of hydrogen-bond donors (Lipinski definition) is 1. The first-order valence-electron chi connectivity index (χ1n) is 5.68. The molecule has 0 radical (unpaired) electrons. The first-order valence-corrected chi connectivity index (χ1v) is 5.68. The SMILES string of the molecule is CN(N)C(=O)C(=O)N(CCc1ccccc1)C(F)(F)F. The second kappa shape index (κ2) is 6.38. The number of benzene rings is 1. The quantitative estimate of drug-likeness (QED) is 0.296. The van der Waals surface area contributed by atoms with E-state index in [-0.39, 0.29) is 6.42 Å². The van der Waals surface area contributed by atoms with Crippen molar-refractivity contribution in [2.45, 2.75) is 12.7 Å². The van der Waals surface area contributed by atoms with Crippen LogP contribution < -0.4 is 5.84 Å². The van der Waals surface area contributed by atoms with Crippen molar-refractivity contribution in [3.63, 3.8) is 0 Å². The van der Waals surface area contributed by atoms with Crippen molar-refractivity contribution in [3.05, 3.63) is 35.9 Å². The van der Waals surface area contributed by atoms with Crippen molar-refractivity contribution in [2.24, 2.45) is 5.84 Å². The molecule has 0 bridgehead atoms. The maximum absolute atomic E-state index is 12.8. The van der Waals surface area contributed by atoms with Crippen LogP contribution in [0.1, 0.15) is 5.56 Å². The zero-order valence-electron chi connectivity index (χ0n) is 10.7. The number of hydrogen-bond acceptors (Lipinski definition) is 3. The monoisotopic (exact) mass is 289 g/mol. The highest BCUT2D eigenvalue weighted by Gasteiger charge is 2.43. The Hall–Kier alpha value is -2.09. The van der Waals surface area contributed by atoms with Crippen LogP contribution in [0, 0.1) is 0 Å². The van der Waals surface area contributed by atoms with E-state index in [9.17, 15) is 22.8 Å². The largest absolute Gasteiger partial charge is 0.487 e. The summed E-state index contributed by atoms with van der Waals surface area (Å²) in [4.78, 5) is 22.3. The average Bonchev–Trinajstić information content (AvgIpc) is 2.37. The Morgan fingerprint density at radius 2 is 1.70 bits per heavy atom. The first kappa shape index (κ1) is 16.0. The summed E-state index contributed by atoms with van der Waals surface area (Å²) in [5.41, 5.74) is 0.628. The number of carbonyl (C=O) groups is 2. The summed E-state index contributed by atoms with van der Waals surface area (Å²) in [6.45, 7) is -0.647.